The number of aliphatic hydroxyl groups is 1. The summed E-state index contributed by atoms with van der Waals surface area (Å²) in [5.74, 6) is 12.5. The molecule has 0 atom stereocenters. The molecule has 0 heterocycles. The first-order valence-electron chi connectivity index (χ1n) is 6.61. The summed E-state index contributed by atoms with van der Waals surface area (Å²) in [6.45, 7) is 3.24. The maximum absolute atomic E-state index is 9.43. The summed E-state index contributed by atoms with van der Waals surface area (Å²) in [6, 6.07) is 17.1. The van der Waals surface area contributed by atoms with Crippen molar-refractivity contribution in [1.82, 2.24) is 0 Å². The van der Waals surface area contributed by atoms with Crippen LogP contribution in [0.2, 0.25) is 0 Å². The predicted molar refractivity (Wildman–Crippen MR) is 83.9 cm³/mol. The lowest BCUT2D eigenvalue weighted by Gasteiger charge is -2.04. The molecule has 21 heavy (non-hydrogen) atoms. The Morgan fingerprint density at radius 2 is 1.48 bits per heavy atom. The molecule has 2 heteroatoms. The van der Waals surface area contributed by atoms with Crippen LogP contribution in [0.3, 0.4) is 0 Å². The first-order chi connectivity index (χ1) is 10.0. The van der Waals surface area contributed by atoms with E-state index in [0.717, 1.165) is 17.1 Å². The largest absolute Gasteiger partial charge is 0.457 e. The lowest BCUT2D eigenvalue weighted by molar-refractivity contribution is 0.143. The minimum absolute atomic E-state index is 0.759. The summed E-state index contributed by atoms with van der Waals surface area (Å²) in [4.78, 5) is 0. The van der Waals surface area contributed by atoms with Crippen LogP contribution in [0.25, 0.3) is 0 Å². The maximum atomic E-state index is 9.43. The average Bonchev–Trinajstić information content (AvgIpc) is 2.45. The summed E-state index contributed by atoms with van der Waals surface area (Å²) in [7, 11) is 0. The molecule has 0 saturated heterocycles. The van der Waals surface area contributed by atoms with Crippen molar-refractivity contribution in [3.63, 3.8) is 0 Å². The van der Waals surface area contributed by atoms with Gasteiger partial charge in [0.25, 0.3) is 0 Å². The van der Waals surface area contributed by atoms with Gasteiger partial charge in [0.1, 0.15) is 17.1 Å². The molecule has 0 aliphatic heterocycles. The minimum atomic E-state index is -1.01. The summed E-state index contributed by atoms with van der Waals surface area (Å²) >= 11 is 0. The van der Waals surface area contributed by atoms with Gasteiger partial charge in [0.2, 0.25) is 0 Å². The third-order valence-electron chi connectivity index (χ3n) is 2.47. The van der Waals surface area contributed by atoms with Gasteiger partial charge in [0.15, 0.2) is 0 Å². The molecule has 1 N–H and O–H groups in total. The van der Waals surface area contributed by atoms with Crippen molar-refractivity contribution in [1.29, 1.82) is 0 Å². The molecule has 0 fully saturated rings. The zero-order valence-corrected chi connectivity index (χ0v) is 12.1. The number of para-hydroxylation sites is 1. The van der Waals surface area contributed by atoms with Crippen LogP contribution in [0.5, 0.6) is 11.5 Å². The van der Waals surface area contributed by atoms with Gasteiger partial charge in [-0.3, -0.25) is 0 Å². The van der Waals surface area contributed by atoms with E-state index in [1.165, 1.54) is 0 Å². The molecule has 2 aromatic rings. The molecule has 0 radical (unpaired) electrons. The van der Waals surface area contributed by atoms with Gasteiger partial charge in [-0.1, -0.05) is 30.0 Å². The van der Waals surface area contributed by atoms with Crippen molar-refractivity contribution in [2.45, 2.75) is 19.4 Å². The molecule has 0 aliphatic rings. The molecule has 0 bridgehead atoms. The highest BCUT2D eigenvalue weighted by Crippen LogP contribution is 2.20. The molecule has 0 saturated carbocycles. The second-order valence-electron chi connectivity index (χ2n) is 5.00. The molecule has 0 aliphatic carbocycles. The topological polar surface area (TPSA) is 29.5 Å². The van der Waals surface area contributed by atoms with E-state index in [0.29, 0.717) is 0 Å². The Bertz CT molecular complexity index is 700. The number of benzene rings is 2. The van der Waals surface area contributed by atoms with Crippen LogP contribution in [0.4, 0.5) is 0 Å². The third-order valence-corrected chi connectivity index (χ3v) is 2.47. The van der Waals surface area contributed by atoms with E-state index < -0.39 is 5.60 Å². The molecule has 0 amide bonds. The second kappa shape index (κ2) is 6.66. The van der Waals surface area contributed by atoms with Crippen LogP contribution >= 0.6 is 0 Å². The van der Waals surface area contributed by atoms with Gasteiger partial charge < -0.3 is 9.84 Å². The number of hydrogen-bond donors (Lipinski definition) is 1. The van der Waals surface area contributed by atoms with Gasteiger partial charge in [-0.2, -0.15) is 0 Å². The third kappa shape index (κ3) is 5.45. The van der Waals surface area contributed by atoms with Gasteiger partial charge in [-0.05, 0) is 62.1 Å². The first kappa shape index (κ1) is 14.7. The van der Waals surface area contributed by atoms with Crippen molar-refractivity contribution in [2.75, 3.05) is 0 Å². The van der Waals surface area contributed by atoms with Crippen LogP contribution in [0, 0.1) is 23.7 Å². The SMILES string of the molecule is CC(C)(O)C#CC#Cc1ccc(Oc2ccccc2)cc1. The van der Waals surface area contributed by atoms with Crippen LogP contribution in [-0.4, -0.2) is 10.7 Å². The lowest BCUT2D eigenvalue weighted by Crippen LogP contribution is -2.14. The molecule has 0 spiro atoms. The van der Waals surface area contributed by atoms with E-state index in [-0.39, 0.29) is 0 Å². The smallest absolute Gasteiger partial charge is 0.127 e. The molecule has 0 aromatic heterocycles. The van der Waals surface area contributed by atoms with Gasteiger partial charge in [-0.15, -0.1) is 0 Å². The molecule has 2 aromatic carbocycles. The van der Waals surface area contributed by atoms with Crippen molar-refractivity contribution in [3.05, 3.63) is 60.2 Å². The highest BCUT2D eigenvalue weighted by atomic mass is 16.5. The normalized spacial score (nSPS) is 9.86. The summed E-state index contributed by atoms with van der Waals surface area (Å²) in [6.07, 6.45) is 0. The van der Waals surface area contributed by atoms with E-state index in [1.807, 2.05) is 54.6 Å². The van der Waals surface area contributed by atoms with Crippen LogP contribution in [0.15, 0.2) is 54.6 Å². The van der Waals surface area contributed by atoms with Gasteiger partial charge in [0, 0.05) is 5.56 Å². The lowest BCUT2D eigenvalue weighted by atomic mass is 10.1. The summed E-state index contributed by atoms with van der Waals surface area (Å²) < 4.78 is 5.69. The van der Waals surface area contributed by atoms with Crippen molar-refractivity contribution in [2.24, 2.45) is 0 Å². The molecular weight excluding hydrogens is 260 g/mol. The Balaban J connectivity index is 2.02. The van der Waals surface area contributed by atoms with Crippen LogP contribution < -0.4 is 4.74 Å². The molecule has 104 valence electrons. The molecule has 0 unspecified atom stereocenters. The molecule has 2 nitrogen and oxygen atoms in total. The first-order valence-corrected chi connectivity index (χ1v) is 6.61. The molecule has 2 rings (SSSR count). The Hall–Kier alpha value is -2.68. The Labute approximate surface area is 125 Å². The standard InChI is InChI=1S/C19H16O2/c1-19(2,20)15-7-6-8-16-11-13-18(14-12-16)21-17-9-4-3-5-10-17/h3-5,9-14,20H,1-2H3. The fourth-order valence-electron chi connectivity index (χ4n) is 1.52. The summed E-state index contributed by atoms with van der Waals surface area (Å²) in [5.41, 5.74) is -0.164. The van der Waals surface area contributed by atoms with Gasteiger partial charge in [-0.25, -0.2) is 0 Å². The fraction of sp³-hybridized carbons (Fsp3) is 0.158. The van der Waals surface area contributed by atoms with Crippen LogP contribution in [0.1, 0.15) is 19.4 Å². The minimum Gasteiger partial charge on any atom is -0.457 e. The van der Waals surface area contributed by atoms with Crippen molar-refractivity contribution >= 4 is 0 Å². The van der Waals surface area contributed by atoms with Crippen LogP contribution in [-0.2, 0) is 0 Å². The van der Waals surface area contributed by atoms with E-state index in [1.54, 1.807) is 13.8 Å². The zero-order chi connectivity index (χ0) is 15.1. The highest BCUT2D eigenvalue weighted by Gasteiger charge is 2.04. The van der Waals surface area contributed by atoms with E-state index in [2.05, 4.69) is 23.7 Å². The van der Waals surface area contributed by atoms with E-state index >= 15 is 0 Å². The predicted octanol–water partition coefficient (Wildman–Crippen LogP) is 3.60. The zero-order valence-electron chi connectivity index (χ0n) is 12.1. The quantitative estimate of drug-likeness (QED) is 0.849. The number of hydrogen-bond acceptors (Lipinski definition) is 2. The number of rotatable bonds is 2. The van der Waals surface area contributed by atoms with E-state index in [4.69, 9.17) is 4.74 Å². The summed E-state index contributed by atoms with van der Waals surface area (Å²) in [5, 5.41) is 9.43. The van der Waals surface area contributed by atoms with Crippen molar-refractivity contribution in [3.8, 4) is 35.2 Å². The van der Waals surface area contributed by atoms with E-state index in [9.17, 15) is 5.11 Å². The maximum Gasteiger partial charge on any atom is 0.127 e. The van der Waals surface area contributed by atoms with Crippen molar-refractivity contribution < 1.29 is 9.84 Å². The number of ether oxygens (including phenoxy) is 1. The highest BCUT2D eigenvalue weighted by molar-refractivity contribution is 5.43. The van der Waals surface area contributed by atoms with Gasteiger partial charge >= 0.3 is 0 Å². The van der Waals surface area contributed by atoms with Gasteiger partial charge in [0.05, 0.1) is 0 Å². The monoisotopic (exact) mass is 276 g/mol. The molecular formula is C19H16O2. The Morgan fingerprint density at radius 3 is 2.10 bits per heavy atom. The Kier molecular flexibility index (Phi) is 4.67. The second-order valence-corrected chi connectivity index (χ2v) is 5.00. The average molecular weight is 276 g/mol. The fourth-order valence-corrected chi connectivity index (χ4v) is 1.52. The Morgan fingerprint density at radius 1 is 0.857 bits per heavy atom.